The number of anilines is 2. The Morgan fingerprint density at radius 2 is 1.85 bits per heavy atom. The van der Waals surface area contributed by atoms with Crippen LogP contribution in [0.3, 0.4) is 0 Å². The van der Waals surface area contributed by atoms with Gasteiger partial charge in [-0.05, 0) is 92.3 Å². The zero-order chi connectivity index (χ0) is 24.8. The van der Waals surface area contributed by atoms with Gasteiger partial charge in [-0.15, -0.1) is 0 Å². The maximum absolute atomic E-state index is 13.0. The van der Waals surface area contributed by atoms with Gasteiger partial charge in [-0.25, -0.2) is 0 Å². The van der Waals surface area contributed by atoms with Crippen molar-refractivity contribution in [1.82, 2.24) is 4.90 Å². The second kappa shape index (κ2) is 8.95. The second-order valence-corrected chi connectivity index (χ2v) is 10.9. The van der Waals surface area contributed by atoms with E-state index in [0.29, 0.717) is 16.5 Å². The lowest BCUT2D eigenvalue weighted by Gasteiger charge is -2.45. The number of carbonyl (C=O) groups excluding carboxylic acids is 3. The Balaban J connectivity index is 1.51. The molecule has 1 atom stereocenters. The Morgan fingerprint density at radius 1 is 1.18 bits per heavy atom. The van der Waals surface area contributed by atoms with Crippen LogP contribution in [0, 0.1) is 13.8 Å². The molecule has 2 aromatic rings. The van der Waals surface area contributed by atoms with Crippen molar-refractivity contribution in [3.05, 3.63) is 63.6 Å². The summed E-state index contributed by atoms with van der Waals surface area (Å²) < 4.78 is 0. The van der Waals surface area contributed by atoms with Gasteiger partial charge in [0.15, 0.2) is 0 Å². The Bertz CT molecular complexity index is 1200. The van der Waals surface area contributed by atoms with Gasteiger partial charge in [-0.3, -0.25) is 19.3 Å². The first-order valence-electron chi connectivity index (χ1n) is 11.5. The SMILES string of the molecule is Cc1cccc(C)c1NC(=O)CN1C(=O)S/C(=C/c2ccc3c(c2)C(C)CC(C)(C)N3C)C1=O. The molecule has 2 aliphatic rings. The average molecular weight is 478 g/mol. The lowest BCUT2D eigenvalue weighted by molar-refractivity contribution is -0.127. The van der Waals surface area contributed by atoms with Crippen molar-refractivity contribution in [2.24, 2.45) is 0 Å². The van der Waals surface area contributed by atoms with Gasteiger partial charge in [-0.2, -0.15) is 0 Å². The van der Waals surface area contributed by atoms with Crippen LogP contribution in [0.1, 0.15) is 55.4 Å². The van der Waals surface area contributed by atoms with Crippen LogP contribution in [0.2, 0.25) is 0 Å². The van der Waals surface area contributed by atoms with Gasteiger partial charge < -0.3 is 10.2 Å². The standard InChI is InChI=1S/C27H31N3O3S/c1-16-8-7-9-17(2)24(16)28-23(31)15-30-25(32)22(34-26(30)33)13-19-10-11-21-20(12-19)18(3)14-27(4,5)29(21)6/h7-13,18H,14-15H2,1-6H3,(H,28,31)/b22-13+. The fraction of sp³-hybridized carbons (Fsp3) is 0.370. The van der Waals surface area contributed by atoms with E-state index in [1.165, 1.54) is 11.3 Å². The minimum absolute atomic E-state index is 0.0774. The molecule has 6 nitrogen and oxygen atoms in total. The fourth-order valence-electron chi connectivity index (χ4n) is 4.81. The molecule has 2 heterocycles. The van der Waals surface area contributed by atoms with Crippen LogP contribution in [0.5, 0.6) is 0 Å². The average Bonchev–Trinajstić information content (AvgIpc) is 3.02. The molecule has 1 N–H and O–H groups in total. The molecule has 1 fully saturated rings. The zero-order valence-electron chi connectivity index (χ0n) is 20.6. The first kappa shape index (κ1) is 24.1. The third kappa shape index (κ3) is 4.49. The third-order valence-electron chi connectivity index (χ3n) is 6.88. The summed E-state index contributed by atoms with van der Waals surface area (Å²) in [5, 5.41) is 2.41. The summed E-state index contributed by atoms with van der Waals surface area (Å²) in [7, 11) is 2.11. The lowest BCUT2D eigenvalue weighted by atomic mass is 9.80. The van der Waals surface area contributed by atoms with Gasteiger partial charge >= 0.3 is 0 Å². The van der Waals surface area contributed by atoms with Crippen LogP contribution in [-0.4, -0.2) is 41.1 Å². The Morgan fingerprint density at radius 3 is 2.53 bits per heavy atom. The van der Waals surface area contributed by atoms with E-state index in [0.717, 1.165) is 39.8 Å². The van der Waals surface area contributed by atoms with Gasteiger partial charge in [0.25, 0.3) is 11.1 Å². The van der Waals surface area contributed by atoms with Crippen molar-refractivity contribution in [1.29, 1.82) is 0 Å². The number of nitrogens with zero attached hydrogens (tertiary/aromatic N) is 2. The molecule has 4 rings (SSSR count). The Kier molecular flexibility index (Phi) is 6.34. The second-order valence-electron chi connectivity index (χ2n) is 9.88. The van der Waals surface area contributed by atoms with Crippen LogP contribution >= 0.6 is 11.8 Å². The highest BCUT2D eigenvalue weighted by Crippen LogP contribution is 2.43. The van der Waals surface area contributed by atoms with Crippen LogP contribution in [0.15, 0.2) is 41.3 Å². The smallest absolute Gasteiger partial charge is 0.294 e. The number of para-hydroxylation sites is 1. The number of rotatable bonds is 4. The molecular weight excluding hydrogens is 446 g/mol. The molecule has 1 saturated heterocycles. The quantitative estimate of drug-likeness (QED) is 0.572. The van der Waals surface area contributed by atoms with Crippen LogP contribution in [-0.2, 0) is 9.59 Å². The first-order chi connectivity index (χ1) is 16.0. The molecule has 1 unspecified atom stereocenters. The van der Waals surface area contributed by atoms with E-state index in [-0.39, 0.29) is 12.1 Å². The Labute approximate surface area is 205 Å². The number of amides is 3. The normalized spacial score (nSPS) is 20.6. The highest BCUT2D eigenvalue weighted by molar-refractivity contribution is 8.18. The minimum Gasteiger partial charge on any atom is -0.369 e. The van der Waals surface area contributed by atoms with Crippen LogP contribution in [0.4, 0.5) is 16.2 Å². The number of hydrogen-bond acceptors (Lipinski definition) is 5. The molecular formula is C27H31N3O3S. The summed E-state index contributed by atoms with van der Waals surface area (Å²) in [6, 6.07) is 11.9. The number of hydrogen-bond donors (Lipinski definition) is 1. The molecule has 7 heteroatoms. The van der Waals surface area contributed by atoms with Crippen LogP contribution < -0.4 is 10.2 Å². The molecule has 2 aromatic carbocycles. The van der Waals surface area contributed by atoms with E-state index in [2.05, 4.69) is 50.2 Å². The molecule has 0 aromatic heterocycles. The van der Waals surface area contributed by atoms with E-state index in [4.69, 9.17) is 0 Å². The zero-order valence-corrected chi connectivity index (χ0v) is 21.4. The molecule has 0 saturated carbocycles. The largest absolute Gasteiger partial charge is 0.369 e. The Hall–Kier alpha value is -3.06. The van der Waals surface area contributed by atoms with E-state index < -0.39 is 17.1 Å². The summed E-state index contributed by atoms with van der Waals surface area (Å²) in [6.07, 6.45) is 2.78. The van der Waals surface area contributed by atoms with E-state index in [9.17, 15) is 14.4 Å². The lowest BCUT2D eigenvalue weighted by Crippen LogP contribution is -2.45. The van der Waals surface area contributed by atoms with Crippen LogP contribution in [0.25, 0.3) is 6.08 Å². The molecule has 3 amide bonds. The maximum atomic E-state index is 13.0. The number of carbonyl (C=O) groups is 3. The van der Waals surface area contributed by atoms with Gasteiger partial charge in [0, 0.05) is 24.0 Å². The van der Waals surface area contributed by atoms with Crippen molar-refractivity contribution in [2.45, 2.75) is 52.5 Å². The summed E-state index contributed by atoms with van der Waals surface area (Å²) >= 11 is 0.878. The van der Waals surface area contributed by atoms with Gasteiger partial charge in [0.2, 0.25) is 5.91 Å². The summed E-state index contributed by atoms with van der Waals surface area (Å²) in [5.74, 6) is -0.442. The third-order valence-corrected chi connectivity index (χ3v) is 7.78. The van der Waals surface area contributed by atoms with Crippen molar-refractivity contribution in [3.8, 4) is 0 Å². The molecule has 0 radical (unpaired) electrons. The molecule has 2 aliphatic heterocycles. The van der Waals surface area contributed by atoms with E-state index >= 15 is 0 Å². The number of imide groups is 1. The molecule has 178 valence electrons. The predicted octanol–water partition coefficient (Wildman–Crippen LogP) is 5.70. The van der Waals surface area contributed by atoms with Gasteiger partial charge in [0.05, 0.1) is 4.91 Å². The molecule has 0 spiro atoms. The molecule has 0 aliphatic carbocycles. The molecule has 0 bridgehead atoms. The fourth-order valence-corrected chi connectivity index (χ4v) is 5.65. The van der Waals surface area contributed by atoms with Gasteiger partial charge in [-0.1, -0.05) is 31.2 Å². The number of aryl methyl sites for hydroxylation is 2. The van der Waals surface area contributed by atoms with Crippen molar-refractivity contribution in [2.75, 3.05) is 23.8 Å². The molecule has 34 heavy (non-hydrogen) atoms. The topological polar surface area (TPSA) is 69.7 Å². The van der Waals surface area contributed by atoms with E-state index in [1.54, 1.807) is 6.08 Å². The van der Waals surface area contributed by atoms with Crippen molar-refractivity contribution < 1.29 is 14.4 Å². The van der Waals surface area contributed by atoms with E-state index in [1.807, 2.05) is 38.1 Å². The van der Waals surface area contributed by atoms with Crippen molar-refractivity contribution in [3.63, 3.8) is 0 Å². The van der Waals surface area contributed by atoms with Crippen molar-refractivity contribution >= 4 is 46.3 Å². The first-order valence-corrected chi connectivity index (χ1v) is 12.3. The summed E-state index contributed by atoms with van der Waals surface area (Å²) in [5.41, 5.74) is 5.96. The van der Waals surface area contributed by atoms with Gasteiger partial charge in [0.1, 0.15) is 6.54 Å². The summed E-state index contributed by atoms with van der Waals surface area (Å²) in [6.45, 7) is 10.2. The maximum Gasteiger partial charge on any atom is 0.294 e. The highest BCUT2D eigenvalue weighted by Gasteiger charge is 2.37. The number of benzene rings is 2. The predicted molar refractivity (Wildman–Crippen MR) is 139 cm³/mol. The monoisotopic (exact) mass is 477 g/mol. The number of nitrogens with one attached hydrogen (secondary N) is 1. The number of fused-ring (bicyclic) bond motifs is 1. The number of thioether (sulfide) groups is 1. The minimum atomic E-state index is -0.435. The highest BCUT2D eigenvalue weighted by atomic mass is 32.2. The summed E-state index contributed by atoms with van der Waals surface area (Å²) in [4.78, 5) is 41.8.